The molecule has 8 heteroatoms. The van der Waals surface area contributed by atoms with Crippen LogP contribution in [-0.2, 0) is 0 Å². The maximum Gasteiger partial charge on any atom is 0.390 e. The molecule has 1 amide bonds. The third-order valence-electron chi connectivity index (χ3n) is 1.82. The zero-order valence-electron chi connectivity index (χ0n) is 9.01. The zero-order chi connectivity index (χ0) is 12.9. The lowest BCUT2D eigenvalue weighted by Crippen LogP contribution is -2.28. The van der Waals surface area contributed by atoms with Gasteiger partial charge < -0.3 is 10.6 Å². The standard InChI is InChI=1S/C9H11F3N4O/c1-13-7-5-14-4-6(16-7)8(17)15-3-2-9(10,11)12/h4-5H,2-3H2,1H3,(H,13,16)(H,15,17). The number of alkyl halides is 3. The predicted molar refractivity (Wildman–Crippen MR) is 54.6 cm³/mol. The second kappa shape index (κ2) is 5.46. The molecule has 0 fully saturated rings. The lowest BCUT2D eigenvalue weighted by atomic mass is 10.3. The first-order valence-electron chi connectivity index (χ1n) is 4.77. The largest absolute Gasteiger partial charge is 0.390 e. The van der Waals surface area contributed by atoms with Crippen molar-refractivity contribution < 1.29 is 18.0 Å². The van der Waals surface area contributed by atoms with E-state index in [1.165, 1.54) is 12.4 Å². The fourth-order valence-corrected chi connectivity index (χ4v) is 1.00. The van der Waals surface area contributed by atoms with E-state index in [1.54, 1.807) is 7.05 Å². The van der Waals surface area contributed by atoms with Crippen molar-refractivity contribution in [3.8, 4) is 0 Å². The van der Waals surface area contributed by atoms with Crippen LogP contribution in [0.4, 0.5) is 19.0 Å². The molecule has 1 heterocycles. The van der Waals surface area contributed by atoms with Crippen LogP contribution in [0.3, 0.4) is 0 Å². The highest BCUT2D eigenvalue weighted by atomic mass is 19.4. The van der Waals surface area contributed by atoms with Crippen molar-refractivity contribution in [1.82, 2.24) is 15.3 Å². The first-order chi connectivity index (χ1) is 7.92. The molecule has 0 saturated heterocycles. The molecule has 17 heavy (non-hydrogen) atoms. The molecule has 0 aromatic carbocycles. The molecule has 0 aliphatic carbocycles. The van der Waals surface area contributed by atoms with Crippen LogP contribution in [0.1, 0.15) is 16.9 Å². The number of rotatable bonds is 4. The highest BCUT2D eigenvalue weighted by Gasteiger charge is 2.26. The van der Waals surface area contributed by atoms with Gasteiger partial charge in [0.1, 0.15) is 11.5 Å². The Morgan fingerprint density at radius 3 is 2.71 bits per heavy atom. The van der Waals surface area contributed by atoms with Crippen LogP contribution in [0, 0.1) is 0 Å². The van der Waals surface area contributed by atoms with Crippen LogP contribution in [-0.4, -0.2) is 35.6 Å². The number of halogens is 3. The summed E-state index contributed by atoms with van der Waals surface area (Å²) >= 11 is 0. The Bertz CT molecular complexity index is 394. The van der Waals surface area contributed by atoms with Crippen molar-refractivity contribution >= 4 is 11.7 Å². The maximum atomic E-state index is 11.8. The molecule has 0 aliphatic heterocycles. The van der Waals surface area contributed by atoms with Crippen molar-refractivity contribution in [3.63, 3.8) is 0 Å². The van der Waals surface area contributed by atoms with E-state index in [-0.39, 0.29) is 5.69 Å². The summed E-state index contributed by atoms with van der Waals surface area (Å²) in [5, 5.41) is 4.79. The molecule has 0 spiro atoms. The quantitative estimate of drug-likeness (QED) is 0.840. The molecular weight excluding hydrogens is 237 g/mol. The lowest BCUT2D eigenvalue weighted by molar-refractivity contribution is -0.132. The normalized spacial score (nSPS) is 11.1. The van der Waals surface area contributed by atoms with Crippen molar-refractivity contribution in [1.29, 1.82) is 0 Å². The minimum atomic E-state index is -4.29. The summed E-state index contributed by atoms with van der Waals surface area (Å²) < 4.78 is 35.5. The summed E-state index contributed by atoms with van der Waals surface area (Å²) in [4.78, 5) is 19.0. The summed E-state index contributed by atoms with van der Waals surface area (Å²) in [6, 6.07) is 0. The van der Waals surface area contributed by atoms with E-state index in [0.717, 1.165) is 0 Å². The van der Waals surface area contributed by atoms with Gasteiger partial charge in [-0.15, -0.1) is 0 Å². The van der Waals surface area contributed by atoms with Gasteiger partial charge in [0.15, 0.2) is 0 Å². The van der Waals surface area contributed by atoms with E-state index in [1.807, 2.05) is 0 Å². The minimum absolute atomic E-state index is 0.0287. The second-order valence-corrected chi connectivity index (χ2v) is 3.16. The summed E-state index contributed by atoms with van der Waals surface area (Å²) in [5.74, 6) is -0.313. The molecule has 2 N–H and O–H groups in total. The van der Waals surface area contributed by atoms with Crippen LogP contribution in [0.2, 0.25) is 0 Å². The Hall–Kier alpha value is -1.86. The molecule has 0 unspecified atom stereocenters. The number of hydrogen-bond acceptors (Lipinski definition) is 4. The molecular formula is C9H11F3N4O. The average molecular weight is 248 g/mol. The van der Waals surface area contributed by atoms with Gasteiger partial charge in [-0.2, -0.15) is 13.2 Å². The number of aromatic nitrogens is 2. The number of amides is 1. The first kappa shape index (κ1) is 13.2. The summed E-state index contributed by atoms with van der Waals surface area (Å²) in [5.41, 5.74) is -0.0287. The molecule has 0 atom stereocenters. The number of nitrogens with one attached hydrogen (secondary N) is 2. The zero-order valence-corrected chi connectivity index (χ0v) is 9.01. The van der Waals surface area contributed by atoms with Crippen molar-refractivity contribution in [2.24, 2.45) is 0 Å². The molecule has 1 aromatic rings. The average Bonchev–Trinajstić information content (AvgIpc) is 2.27. The Kier molecular flexibility index (Phi) is 4.24. The van der Waals surface area contributed by atoms with E-state index in [9.17, 15) is 18.0 Å². The summed E-state index contributed by atoms with van der Waals surface area (Å²) in [6.07, 6.45) is -2.78. The Morgan fingerprint density at radius 2 is 2.12 bits per heavy atom. The van der Waals surface area contributed by atoms with Crippen LogP contribution in [0.15, 0.2) is 12.4 Å². The van der Waals surface area contributed by atoms with Crippen LogP contribution >= 0.6 is 0 Å². The first-order valence-corrected chi connectivity index (χ1v) is 4.77. The van der Waals surface area contributed by atoms with E-state index in [0.29, 0.717) is 5.82 Å². The van der Waals surface area contributed by atoms with E-state index >= 15 is 0 Å². The summed E-state index contributed by atoms with van der Waals surface area (Å²) in [7, 11) is 1.59. The predicted octanol–water partition coefficient (Wildman–Crippen LogP) is 1.20. The van der Waals surface area contributed by atoms with Crippen LogP contribution < -0.4 is 10.6 Å². The van der Waals surface area contributed by atoms with Crippen LogP contribution in [0.5, 0.6) is 0 Å². The fraction of sp³-hybridized carbons (Fsp3) is 0.444. The van der Waals surface area contributed by atoms with Crippen molar-refractivity contribution in [2.75, 3.05) is 18.9 Å². The van der Waals surface area contributed by atoms with Gasteiger partial charge >= 0.3 is 6.18 Å². The second-order valence-electron chi connectivity index (χ2n) is 3.16. The minimum Gasteiger partial charge on any atom is -0.372 e. The molecule has 0 saturated carbocycles. The molecule has 0 radical (unpaired) electrons. The van der Waals surface area contributed by atoms with Crippen molar-refractivity contribution in [3.05, 3.63) is 18.1 Å². The maximum absolute atomic E-state index is 11.8. The van der Waals surface area contributed by atoms with Gasteiger partial charge in [0.05, 0.1) is 18.8 Å². The molecule has 0 bridgehead atoms. The van der Waals surface area contributed by atoms with Gasteiger partial charge in [-0.05, 0) is 0 Å². The third-order valence-corrected chi connectivity index (χ3v) is 1.82. The van der Waals surface area contributed by atoms with Crippen LogP contribution in [0.25, 0.3) is 0 Å². The van der Waals surface area contributed by atoms with Gasteiger partial charge in [0, 0.05) is 13.6 Å². The fourth-order valence-electron chi connectivity index (χ4n) is 1.00. The Labute approximate surface area is 95.5 Å². The number of nitrogens with zero attached hydrogens (tertiary/aromatic N) is 2. The molecule has 0 aliphatic rings. The van der Waals surface area contributed by atoms with Gasteiger partial charge in [-0.3, -0.25) is 9.78 Å². The molecule has 1 rings (SSSR count). The lowest BCUT2D eigenvalue weighted by Gasteiger charge is -2.07. The van der Waals surface area contributed by atoms with Crippen molar-refractivity contribution in [2.45, 2.75) is 12.6 Å². The monoisotopic (exact) mass is 248 g/mol. The van der Waals surface area contributed by atoms with E-state index in [2.05, 4.69) is 20.6 Å². The molecule has 94 valence electrons. The van der Waals surface area contributed by atoms with E-state index < -0.39 is 25.0 Å². The van der Waals surface area contributed by atoms with Gasteiger partial charge in [-0.1, -0.05) is 0 Å². The smallest absolute Gasteiger partial charge is 0.372 e. The number of anilines is 1. The number of carbonyl (C=O) groups excluding carboxylic acids is 1. The molecule has 5 nitrogen and oxygen atoms in total. The third kappa shape index (κ3) is 4.66. The number of carbonyl (C=O) groups is 1. The Balaban J connectivity index is 2.52. The highest BCUT2D eigenvalue weighted by Crippen LogP contribution is 2.18. The topological polar surface area (TPSA) is 66.9 Å². The van der Waals surface area contributed by atoms with Gasteiger partial charge in [0.25, 0.3) is 5.91 Å². The molecule has 1 aromatic heterocycles. The summed E-state index contributed by atoms with van der Waals surface area (Å²) in [6.45, 7) is -0.478. The SMILES string of the molecule is CNc1cncc(C(=O)NCCC(F)(F)F)n1. The van der Waals surface area contributed by atoms with Gasteiger partial charge in [0.2, 0.25) is 0 Å². The highest BCUT2D eigenvalue weighted by molar-refractivity contribution is 5.92. The van der Waals surface area contributed by atoms with Gasteiger partial charge in [-0.25, -0.2) is 4.98 Å². The Morgan fingerprint density at radius 1 is 1.41 bits per heavy atom. The number of hydrogen-bond donors (Lipinski definition) is 2. The van der Waals surface area contributed by atoms with E-state index in [4.69, 9.17) is 0 Å².